The predicted molar refractivity (Wildman–Crippen MR) is 117 cm³/mol. The van der Waals surface area contributed by atoms with Gasteiger partial charge in [-0.2, -0.15) is 0 Å². The minimum absolute atomic E-state index is 0.0394. The lowest BCUT2D eigenvalue weighted by molar-refractivity contribution is -0.120. The molecule has 30 heavy (non-hydrogen) atoms. The summed E-state index contributed by atoms with van der Waals surface area (Å²) in [5.74, 6) is 0.979. The van der Waals surface area contributed by atoms with Gasteiger partial charge < -0.3 is 10.2 Å². The molecule has 0 spiro atoms. The first-order chi connectivity index (χ1) is 14.5. The normalized spacial score (nSPS) is 16.4. The number of aromatic nitrogens is 2. The first-order valence-corrected chi connectivity index (χ1v) is 10.2. The van der Waals surface area contributed by atoms with Gasteiger partial charge in [-0.1, -0.05) is 6.07 Å². The molecule has 1 amide bonds. The van der Waals surface area contributed by atoms with Gasteiger partial charge in [-0.25, -0.2) is 14.4 Å². The molecule has 2 aromatic carbocycles. The van der Waals surface area contributed by atoms with Gasteiger partial charge in [0.25, 0.3) is 0 Å². The zero-order chi connectivity index (χ0) is 21.1. The Morgan fingerprint density at radius 3 is 2.57 bits per heavy atom. The number of hydrogen-bond donors (Lipinski definition) is 1. The van der Waals surface area contributed by atoms with Gasteiger partial charge in [0.05, 0.1) is 5.92 Å². The molecule has 6 heteroatoms. The first kappa shape index (κ1) is 20.0. The quantitative estimate of drug-likeness (QED) is 0.681. The molecular formula is C24H25FN4O. The van der Waals surface area contributed by atoms with Crippen molar-refractivity contribution in [3.63, 3.8) is 0 Å². The van der Waals surface area contributed by atoms with Crippen molar-refractivity contribution < 1.29 is 9.18 Å². The maximum absolute atomic E-state index is 13.2. The van der Waals surface area contributed by atoms with Crippen molar-refractivity contribution in [3.8, 4) is 11.4 Å². The molecule has 1 N–H and O–H groups in total. The summed E-state index contributed by atoms with van der Waals surface area (Å²) < 4.78 is 13.2. The van der Waals surface area contributed by atoms with Crippen molar-refractivity contribution in [1.82, 2.24) is 9.97 Å². The molecule has 154 valence electrons. The van der Waals surface area contributed by atoms with Crippen LogP contribution in [0.4, 0.5) is 15.9 Å². The van der Waals surface area contributed by atoms with Crippen molar-refractivity contribution >= 4 is 17.4 Å². The molecule has 1 aliphatic rings. The highest BCUT2D eigenvalue weighted by Crippen LogP contribution is 2.25. The maximum Gasteiger partial charge on any atom is 0.229 e. The number of nitrogens with zero attached hydrogens (tertiary/aromatic N) is 3. The summed E-state index contributed by atoms with van der Waals surface area (Å²) in [5.41, 5.74) is 3.87. The molecule has 0 aliphatic carbocycles. The van der Waals surface area contributed by atoms with E-state index in [1.807, 2.05) is 32.0 Å². The average Bonchev–Trinajstić information content (AvgIpc) is 2.74. The fraction of sp³-hybridized carbons (Fsp3) is 0.292. The highest BCUT2D eigenvalue weighted by molar-refractivity contribution is 5.93. The number of carbonyl (C=O) groups excluding carboxylic acids is 1. The number of rotatable bonds is 4. The van der Waals surface area contributed by atoms with E-state index in [-0.39, 0.29) is 17.6 Å². The first-order valence-electron chi connectivity index (χ1n) is 10.2. The van der Waals surface area contributed by atoms with Gasteiger partial charge in [0, 0.05) is 30.5 Å². The van der Waals surface area contributed by atoms with Gasteiger partial charge in [0.1, 0.15) is 11.6 Å². The largest absolute Gasteiger partial charge is 0.356 e. The summed E-state index contributed by atoms with van der Waals surface area (Å²) in [6.07, 6.45) is 3.48. The zero-order valence-corrected chi connectivity index (χ0v) is 17.2. The van der Waals surface area contributed by atoms with E-state index < -0.39 is 0 Å². The van der Waals surface area contributed by atoms with Crippen LogP contribution >= 0.6 is 0 Å². The van der Waals surface area contributed by atoms with Crippen LogP contribution in [0.25, 0.3) is 11.4 Å². The van der Waals surface area contributed by atoms with Gasteiger partial charge in [0.2, 0.25) is 5.91 Å². The third-order valence-corrected chi connectivity index (χ3v) is 5.35. The Morgan fingerprint density at radius 1 is 1.10 bits per heavy atom. The molecule has 1 atom stereocenters. The number of piperidine rings is 1. The summed E-state index contributed by atoms with van der Waals surface area (Å²) in [5, 5.41) is 3.07. The Morgan fingerprint density at radius 2 is 1.83 bits per heavy atom. The molecule has 4 rings (SSSR count). The highest BCUT2D eigenvalue weighted by Gasteiger charge is 2.27. The Hall–Kier alpha value is -3.28. The van der Waals surface area contributed by atoms with Crippen LogP contribution in [0.3, 0.4) is 0 Å². The van der Waals surface area contributed by atoms with Gasteiger partial charge >= 0.3 is 0 Å². The Bertz CT molecular complexity index is 1030. The number of amides is 1. The van der Waals surface area contributed by atoms with Gasteiger partial charge in [0.15, 0.2) is 5.82 Å². The topological polar surface area (TPSA) is 58.1 Å². The smallest absolute Gasteiger partial charge is 0.229 e. The minimum atomic E-state index is -0.288. The Labute approximate surface area is 176 Å². The molecule has 1 aromatic heterocycles. The third-order valence-electron chi connectivity index (χ3n) is 5.35. The Kier molecular flexibility index (Phi) is 5.74. The molecule has 1 aliphatic heterocycles. The van der Waals surface area contributed by atoms with Crippen LogP contribution in [-0.4, -0.2) is 29.0 Å². The van der Waals surface area contributed by atoms with E-state index in [9.17, 15) is 9.18 Å². The summed E-state index contributed by atoms with van der Waals surface area (Å²) in [6, 6.07) is 14.1. The van der Waals surface area contributed by atoms with Crippen LogP contribution < -0.4 is 10.2 Å². The van der Waals surface area contributed by atoms with Crippen LogP contribution in [0.1, 0.15) is 24.0 Å². The number of aryl methyl sites for hydroxylation is 2. The average molecular weight is 404 g/mol. The Balaban J connectivity index is 1.48. The van der Waals surface area contributed by atoms with Crippen LogP contribution in [0.5, 0.6) is 0 Å². The molecule has 3 aromatic rings. The molecule has 1 fully saturated rings. The van der Waals surface area contributed by atoms with E-state index in [1.54, 1.807) is 18.3 Å². The van der Waals surface area contributed by atoms with Crippen molar-refractivity contribution in [2.24, 2.45) is 5.92 Å². The number of halogens is 1. The number of carbonyl (C=O) groups is 1. The van der Waals surface area contributed by atoms with E-state index >= 15 is 0 Å². The minimum Gasteiger partial charge on any atom is -0.356 e. The van der Waals surface area contributed by atoms with Crippen molar-refractivity contribution in [1.29, 1.82) is 0 Å². The molecule has 1 saturated heterocycles. The molecular weight excluding hydrogens is 379 g/mol. The monoisotopic (exact) mass is 404 g/mol. The summed E-state index contributed by atoms with van der Waals surface area (Å²) in [7, 11) is 0. The number of nitrogens with one attached hydrogen (secondary N) is 1. The molecule has 0 radical (unpaired) electrons. The van der Waals surface area contributed by atoms with E-state index in [1.165, 1.54) is 12.1 Å². The van der Waals surface area contributed by atoms with E-state index in [0.29, 0.717) is 12.4 Å². The van der Waals surface area contributed by atoms with Crippen LogP contribution in [0, 0.1) is 25.6 Å². The van der Waals surface area contributed by atoms with Gasteiger partial charge in [-0.15, -0.1) is 0 Å². The highest BCUT2D eigenvalue weighted by atomic mass is 19.1. The molecule has 0 unspecified atom stereocenters. The zero-order valence-electron chi connectivity index (χ0n) is 17.2. The number of hydrogen-bond acceptors (Lipinski definition) is 4. The number of anilines is 2. The summed E-state index contributed by atoms with van der Waals surface area (Å²) >= 11 is 0. The lowest BCUT2D eigenvalue weighted by Crippen LogP contribution is -2.41. The van der Waals surface area contributed by atoms with Crippen LogP contribution in [0.2, 0.25) is 0 Å². The summed E-state index contributed by atoms with van der Waals surface area (Å²) in [4.78, 5) is 24.0. The number of benzene rings is 2. The second-order valence-corrected chi connectivity index (χ2v) is 7.90. The van der Waals surface area contributed by atoms with Crippen LogP contribution in [-0.2, 0) is 4.79 Å². The summed E-state index contributed by atoms with van der Waals surface area (Å²) in [6.45, 7) is 5.50. The molecule has 0 bridgehead atoms. The second kappa shape index (κ2) is 8.61. The second-order valence-electron chi connectivity index (χ2n) is 7.90. The standard InChI is InChI=1S/C24H25FN4O/c1-16-12-17(2)14-21(13-16)27-24(30)19-4-3-11-29(15-19)22-9-10-26-23(28-22)18-5-7-20(25)8-6-18/h5-10,12-14,19H,3-4,11,15H2,1-2H3,(H,27,30)/t19-/m0/s1. The molecule has 2 heterocycles. The van der Waals surface area contributed by atoms with Crippen molar-refractivity contribution in [2.45, 2.75) is 26.7 Å². The van der Waals surface area contributed by atoms with Gasteiger partial charge in [-0.05, 0) is 80.3 Å². The lowest BCUT2D eigenvalue weighted by Gasteiger charge is -2.33. The molecule has 0 saturated carbocycles. The van der Waals surface area contributed by atoms with Crippen LogP contribution in [0.15, 0.2) is 54.7 Å². The van der Waals surface area contributed by atoms with E-state index in [0.717, 1.165) is 47.6 Å². The van der Waals surface area contributed by atoms with Gasteiger partial charge in [-0.3, -0.25) is 4.79 Å². The van der Waals surface area contributed by atoms with E-state index in [2.05, 4.69) is 26.3 Å². The van der Waals surface area contributed by atoms with E-state index in [4.69, 9.17) is 0 Å². The molecule has 5 nitrogen and oxygen atoms in total. The maximum atomic E-state index is 13.2. The third kappa shape index (κ3) is 4.64. The van der Waals surface area contributed by atoms with Crippen molar-refractivity contribution in [2.75, 3.05) is 23.3 Å². The lowest BCUT2D eigenvalue weighted by atomic mass is 9.97. The predicted octanol–water partition coefficient (Wildman–Crippen LogP) is 4.75. The SMILES string of the molecule is Cc1cc(C)cc(NC(=O)[C@H]2CCCN(c3ccnc(-c4ccc(F)cc4)n3)C2)c1. The fourth-order valence-corrected chi connectivity index (χ4v) is 3.95. The van der Waals surface area contributed by atoms with Crippen molar-refractivity contribution in [3.05, 3.63) is 71.7 Å². The fourth-order valence-electron chi connectivity index (χ4n) is 3.95.